The Kier molecular flexibility index (Phi) is 4.74. The van der Waals surface area contributed by atoms with E-state index in [-0.39, 0.29) is 18.2 Å². The number of piperidine rings is 1. The summed E-state index contributed by atoms with van der Waals surface area (Å²) >= 11 is 0. The number of fused-ring (bicyclic) bond motifs is 1. The molecule has 1 aliphatic heterocycles. The normalized spacial score (nSPS) is 19.8. The number of benzene rings is 1. The standard InChI is InChI=1S/C20H27N3O3S/c1-27(25,26)14-18-21-16-7-2-3-8-17(16)23(18)13-19(24)22-12-6-11-20(15-22)9-4-5-10-20/h2-3,7-8H,4-6,9-15H2,1H3. The Bertz CT molecular complexity index is 958. The Morgan fingerprint density at radius 1 is 1.15 bits per heavy atom. The number of nitrogens with zero attached hydrogens (tertiary/aromatic N) is 3. The molecular formula is C20H27N3O3S. The van der Waals surface area contributed by atoms with Crippen LogP contribution in [-0.2, 0) is 26.9 Å². The van der Waals surface area contributed by atoms with Crippen molar-refractivity contribution in [2.75, 3.05) is 19.3 Å². The first-order valence-electron chi connectivity index (χ1n) is 9.75. The third kappa shape index (κ3) is 3.88. The van der Waals surface area contributed by atoms with Gasteiger partial charge in [-0.25, -0.2) is 13.4 Å². The van der Waals surface area contributed by atoms with Crippen molar-refractivity contribution in [1.29, 1.82) is 0 Å². The molecule has 1 saturated heterocycles. The summed E-state index contributed by atoms with van der Waals surface area (Å²) in [7, 11) is -3.23. The number of hydrogen-bond acceptors (Lipinski definition) is 4. The van der Waals surface area contributed by atoms with E-state index < -0.39 is 9.84 Å². The van der Waals surface area contributed by atoms with Crippen molar-refractivity contribution in [3.8, 4) is 0 Å². The van der Waals surface area contributed by atoms with Gasteiger partial charge in [-0.1, -0.05) is 25.0 Å². The van der Waals surface area contributed by atoms with E-state index >= 15 is 0 Å². The molecule has 27 heavy (non-hydrogen) atoms. The molecular weight excluding hydrogens is 362 g/mol. The highest BCUT2D eigenvalue weighted by molar-refractivity contribution is 7.89. The van der Waals surface area contributed by atoms with Gasteiger partial charge in [0.25, 0.3) is 0 Å². The van der Waals surface area contributed by atoms with Gasteiger partial charge in [-0.2, -0.15) is 0 Å². The quantitative estimate of drug-likeness (QED) is 0.806. The van der Waals surface area contributed by atoms with Gasteiger partial charge in [0.05, 0.1) is 11.0 Å². The fraction of sp³-hybridized carbons (Fsp3) is 0.600. The minimum Gasteiger partial charge on any atom is -0.341 e. The van der Waals surface area contributed by atoms with Crippen molar-refractivity contribution in [3.63, 3.8) is 0 Å². The number of carbonyl (C=O) groups is 1. The van der Waals surface area contributed by atoms with Crippen LogP contribution in [0.2, 0.25) is 0 Å². The SMILES string of the molecule is CS(=O)(=O)Cc1nc2ccccc2n1CC(=O)N1CCCC2(CCCC2)C1. The van der Waals surface area contributed by atoms with Gasteiger partial charge in [0.1, 0.15) is 18.1 Å². The molecule has 2 aliphatic rings. The second kappa shape index (κ2) is 6.93. The van der Waals surface area contributed by atoms with Crippen molar-refractivity contribution in [2.45, 2.75) is 50.8 Å². The molecule has 1 aromatic heterocycles. The summed E-state index contributed by atoms with van der Waals surface area (Å²) in [6, 6.07) is 7.52. The van der Waals surface area contributed by atoms with Crippen molar-refractivity contribution >= 4 is 26.8 Å². The summed E-state index contributed by atoms with van der Waals surface area (Å²) in [6.45, 7) is 1.80. The Morgan fingerprint density at radius 3 is 2.59 bits per heavy atom. The number of carbonyl (C=O) groups excluding carboxylic acids is 1. The largest absolute Gasteiger partial charge is 0.341 e. The first-order chi connectivity index (χ1) is 12.9. The molecule has 0 atom stereocenters. The molecule has 0 radical (unpaired) electrons. The monoisotopic (exact) mass is 389 g/mol. The number of rotatable bonds is 4. The van der Waals surface area contributed by atoms with E-state index in [4.69, 9.17) is 0 Å². The zero-order valence-corrected chi connectivity index (χ0v) is 16.7. The third-order valence-corrected chi connectivity index (χ3v) is 6.88. The molecule has 6 nitrogen and oxygen atoms in total. The van der Waals surface area contributed by atoms with Crippen molar-refractivity contribution in [1.82, 2.24) is 14.5 Å². The van der Waals surface area contributed by atoms with Gasteiger partial charge in [0, 0.05) is 19.3 Å². The Hall–Kier alpha value is -1.89. The predicted molar refractivity (Wildman–Crippen MR) is 105 cm³/mol. The van der Waals surface area contributed by atoms with E-state index in [2.05, 4.69) is 4.98 Å². The molecule has 0 unspecified atom stereocenters. The highest BCUT2D eigenvalue weighted by Gasteiger charge is 2.39. The maximum absolute atomic E-state index is 13.1. The first kappa shape index (κ1) is 18.5. The average Bonchev–Trinajstić information content (AvgIpc) is 3.19. The van der Waals surface area contributed by atoms with E-state index in [9.17, 15) is 13.2 Å². The van der Waals surface area contributed by atoms with Crippen LogP contribution in [0, 0.1) is 5.41 Å². The zero-order valence-electron chi connectivity index (χ0n) is 15.9. The molecule has 2 heterocycles. The minimum atomic E-state index is -3.23. The molecule has 146 valence electrons. The van der Waals surface area contributed by atoms with E-state index in [0.29, 0.717) is 11.2 Å². The summed E-state index contributed by atoms with van der Waals surface area (Å²) in [4.78, 5) is 19.6. The molecule has 1 aromatic carbocycles. The molecule has 0 bridgehead atoms. The fourth-order valence-corrected chi connectivity index (χ4v) is 5.53. The van der Waals surface area contributed by atoms with Crippen LogP contribution in [0.25, 0.3) is 11.0 Å². The van der Waals surface area contributed by atoms with E-state index in [1.165, 1.54) is 38.4 Å². The number of imidazole rings is 1. The predicted octanol–water partition coefficient (Wildman–Crippen LogP) is 2.76. The second-order valence-electron chi connectivity index (χ2n) is 8.30. The van der Waals surface area contributed by atoms with Crippen LogP contribution in [-0.4, -0.2) is 48.1 Å². The van der Waals surface area contributed by atoms with Gasteiger partial charge in [-0.15, -0.1) is 0 Å². The van der Waals surface area contributed by atoms with Crippen LogP contribution in [0.15, 0.2) is 24.3 Å². The van der Waals surface area contributed by atoms with Gasteiger partial charge >= 0.3 is 0 Å². The van der Waals surface area contributed by atoms with Gasteiger partial charge in [-0.05, 0) is 43.2 Å². The van der Waals surface area contributed by atoms with E-state index in [1.807, 2.05) is 29.2 Å². The molecule has 1 spiro atoms. The second-order valence-corrected chi connectivity index (χ2v) is 10.4. The Labute approximate surface area is 160 Å². The number of sulfone groups is 1. The maximum atomic E-state index is 13.1. The van der Waals surface area contributed by atoms with Crippen molar-refractivity contribution in [3.05, 3.63) is 30.1 Å². The van der Waals surface area contributed by atoms with Gasteiger partial charge < -0.3 is 9.47 Å². The summed E-state index contributed by atoms with van der Waals surface area (Å²) in [6.07, 6.45) is 8.48. The summed E-state index contributed by atoms with van der Waals surface area (Å²) in [5.74, 6) is 0.359. The highest BCUT2D eigenvalue weighted by Crippen LogP contribution is 2.44. The van der Waals surface area contributed by atoms with E-state index in [0.717, 1.165) is 30.5 Å². The maximum Gasteiger partial charge on any atom is 0.242 e. The number of para-hydroxylation sites is 2. The molecule has 0 N–H and O–H groups in total. The lowest BCUT2D eigenvalue weighted by Gasteiger charge is -2.40. The molecule has 7 heteroatoms. The average molecular weight is 390 g/mol. The lowest BCUT2D eigenvalue weighted by Crippen LogP contribution is -2.46. The number of hydrogen-bond donors (Lipinski definition) is 0. The van der Waals surface area contributed by atoms with Crippen LogP contribution in [0.5, 0.6) is 0 Å². The lowest BCUT2D eigenvalue weighted by molar-refractivity contribution is -0.135. The van der Waals surface area contributed by atoms with Crippen LogP contribution in [0.1, 0.15) is 44.3 Å². The topological polar surface area (TPSA) is 72.3 Å². The van der Waals surface area contributed by atoms with Gasteiger partial charge in [0.2, 0.25) is 5.91 Å². The smallest absolute Gasteiger partial charge is 0.242 e. The van der Waals surface area contributed by atoms with Crippen molar-refractivity contribution < 1.29 is 13.2 Å². The fourth-order valence-electron chi connectivity index (χ4n) is 4.84. The number of amides is 1. The number of aromatic nitrogens is 2. The highest BCUT2D eigenvalue weighted by atomic mass is 32.2. The Balaban J connectivity index is 1.60. The summed E-state index contributed by atoms with van der Waals surface area (Å²) in [5, 5.41) is 0. The molecule has 1 amide bonds. The minimum absolute atomic E-state index is 0.0684. The van der Waals surface area contributed by atoms with Gasteiger partial charge in [-0.3, -0.25) is 4.79 Å². The summed E-state index contributed by atoms with van der Waals surface area (Å²) in [5.41, 5.74) is 1.87. The summed E-state index contributed by atoms with van der Waals surface area (Å²) < 4.78 is 25.5. The molecule has 2 aromatic rings. The van der Waals surface area contributed by atoms with Crippen molar-refractivity contribution in [2.24, 2.45) is 5.41 Å². The third-order valence-electron chi connectivity index (χ3n) is 6.10. The molecule has 4 rings (SSSR count). The Morgan fingerprint density at radius 2 is 1.85 bits per heavy atom. The zero-order chi connectivity index (χ0) is 19.1. The van der Waals surface area contributed by atoms with E-state index in [1.54, 1.807) is 4.57 Å². The lowest BCUT2D eigenvalue weighted by atomic mass is 9.78. The molecule has 2 fully saturated rings. The van der Waals surface area contributed by atoms with Crippen LogP contribution >= 0.6 is 0 Å². The first-order valence-corrected chi connectivity index (χ1v) is 11.8. The van der Waals surface area contributed by atoms with Gasteiger partial charge in [0.15, 0.2) is 9.84 Å². The number of likely N-dealkylation sites (tertiary alicyclic amines) is 1. The molecule has 1 aliphatic carbocycles. The molecule has 1 saturated carbocycles. The van der Waals surface area contributed by atoms with Crippen LogP contribution < -0.4 is 0 Å². The van der Waals surface area contributed by atoms with Crippen LogP contribution in [0.4, 0.5) is 0 Å². The van der Waals surface area contributed by atoms with Crippen LogP contribution in [0.3, 0.4) is 0 Å².